The summed E-state index contributed by atoms with van der Waals surface area (Å²) in [6.07, 6.45) is 11.4. The molecule has 0 aromatic carbocycles. The Balaban J connectivity index is 2.01. The Morgan fingerprint density at radius 2 is 2.16 bits per heavy atom. The fraction of sp³-hybridized carbons (Fsp3) is 0.571. The zero-order valence-electron chi connectivity index (χ0n) is 11.3. The third-order valence-electron chi connectivity index (χ3n) is 3.31. The Hall–Kier alpha value is -1.13. The molecular formula is C14H20ClN3O. The van der Waals surface area contributed by atoms with E-state index >= 15 is 0 Å². The van der Waals surface area contributed by atoms with E-state index in [1.54, 1.807) is 19.5 Å². The molecular weight excluding hydrogens is 262 g/mol. The molecule has 0 fully saturated rings. The third kappa shape index (κ3) is 4.48. The highest BCUT2D eigenvalue weighted by molar-refractivity contribution is 6.30. The predicted molar refractivity (Wildman–Crippen MR) is 77.6 cm³/mol. The van der Waals surface area contributed by atoms with Crippen molar-refractivity contribution in [3.05, 3.63) is 29.6 Å². The maximum atomic E-state index is 5.84. The summed E-state index contributed by atoms with van der Waals surface area (Å²) in [5, 5.41) is 0.566. The van der Waals surface area contributed by atoms with Crippen molar-refractivity contribution in [1.82, 2.24) is 9.97 Å². The molecule has 0 N–H and O–H groups in total. The topological polar surface area (TPSA) is 38.2 Å². The average Bonchev–Trinajstić information content (AvgIpc) is 2.45. The third-order valence-corrected chi connectivity index (χ3v) is 3.51. The summed E-state index contributed by atoms with van der Waals surface area (Å²) in [4.78, 5) is 10.8. The van der Waals surface area contributed by atoms with Crippen LogP contribution in [0.1, 0.15) is 19.3 Å². The van der Waals surface area contributed by atoms with Gasteiger partial charge in [0, 0.05) is 20.2 Å². The second-order valence-corrected chi connectivity index (χ2v) is 5.23. The van der Waals surface area contributed by atoms with Crippen LogP contribution in [-0.2, 0) is 4.74 Å². The summed E-state index contributed by atoms with van der Waals surface area (Å²) in [6.45, 7) is 2.45. The highest BCUT2D eigenvalue weighted by Crippen LogP contribution is 2.21. The van der Waals surface area contributed by atoms with E-state index in [0.717, 1.165) is 25.5 Å². The van der Waals surface area contributed by atoms with Crippen molar-refractivity contribution in [2.75, 3.05) is 31.7 Å². The lowest BCUT2D eigenvalue weighted by molar-refractivity contribution is 0.203. The van der Waals surface area contributed by atoms with E-state index in [0.29, 0.717) is 17.5 Å². The lowest BCUT2D eigenvalue weighted by Crippen LogP contribution is -2.34. The number of anilines is 1. The predicted octanol–water partition coefficient (Wildman–Crippen LogP) is 2.94. The summed E-state index contributed by atoms with van der Waals surface area (Å²) in [5.74, 6) is 1.40. The smallest absolute Gasteiger partial charge is 0.225 e. The average molecular weight is 282 g/mol. The number of halogens is 1. The van der Waals surface area contributed by atoms with E-state index in [-0.39, 0.29) is 0 Å². The van der Waals surface area contributed by atoms with Gasteiger partial charge in [-0.15, -0.1) is 0 Å². The number of allylic oxidation sites excluding steroid dienone is 2. The molecule has 19 heavy (non-hydrogen) atoms. The van der Waals surface area contributed by atoms with Crippen LogP contribution in [0.3, 0.4) is 0 Å². The molecule has 104 valence electrons. The molecule has 1 unspecified atom stereocenters. The molecule has 1 aliphatic carbocycles. The molecule has 5 heteroatoms. The summed E-state index contributed by atoms with van der Waals surface area (Å²) in [6, 6.07) is 0. The van der Waals surface area contributed by atoms with Gasteiger partial charge in [0.2, 0.25) is 5.95 Å². The van der Waals surface area contributed by atoms with E-state index in [2.05, 4.69) is 27.0 Å². The first-order chi connectivity index (χ1) is 9.29. The van der Waals surface area contributed by atoms with Gasteiger partial charge in [-0.3, -0.25) is 0 Å². The van der Waals surface area contributed by atoms with Gasteiger partial charge in [0.15, 0.2) is 0 Å². The van der Waals surface area contributed by atoms with Gasteiger partial charge in [-0.25, -0.2) is 9.97 Å². The van der Waals surface area contributed by atoms with Crippen molar-refractivity contribution in [3.8, 4) is 0 Å². The second kappa shape index (κ2) is 7.46. The van der Waals surface area contributed by atoms with E-state index < -0.39 is 0 Å². The Morgan fingerprint density at radius 3 is 2.79 bits per heavy atom. The molecule has 1 aromatic rings. The second-order valence-electron chi connectivity index (χ2n) is 4.79. The van der Waals surface area contributed by atoms with Crippen LogP contribution < -0.4 is 4.90 Å². The molecule has 0 bridgehead atoms. The number of nitrogens with zero attached hydrogens (tertiary/aromatic N) is 3. The normalized spacial score (nSPS) is 18.5. The zero-order valence-corrected chi connectivity index (χ0v) is 12.0. The van der Waals surface area contributed by atoms with Crippen LogP contribution in [-0.4, -0.2) is 36.8 Å². The first kappa shape index (κ1) is 14.3. The van der Waals surface area contributed by atoms with Crippen LogP contribution in [0.5, 0.6) is 0 Å². The molecule has 0 aliphatic heterocycles. The molecule has 2 rings (SSSR count). The van der Waals surface area contributed by atoms with Crippen molar-refractivity contribution in [2.24, 2.45) is 5.92 Å². The lowest BCUT2D eigenvalue weighted by Gasteiger charge is -2.28. The SMILES string of the molecule is COCCN(CC1CC=CCC1)c1ncc(Cl)cn1. The number of aromatic nitrogens is 2. The Labute approximate surface area is 119 Å². The lowest BCUT2D eigenvalue weighted by atomic mass is 9.94. The molecule has 0 saturated carbocycles. The van der Waals surface area contributed by atoms with Gasteiger partial charge >= 0.3 is 0 Å². The van der Waals surface area contributed by atoms with Crippen LogP contribution in [0, 0.1) is 5.92 Å². The summed E-state index contributed by atoms with van der Waals surface area (Å²) < 4.78 is 5.17. The van der Waals surface area contributed by atoms with Gasteiger partial charge in [-0.05, 0) is 25.2 Å². The number of rotatable bonds is 6. The van der Waals surface area contributed by atoms with Crippen LogP contribution in [0.15, 0.2) is 24.5 Å². The number of hydrogen-bond acceptors (Lipinski definition) is 4. The zero-order chi connectivity index (χ0) is 13.5. The monoisotopic (exact) mass is 281 g/mol. The van der Waals surface area contributed by atoms with Crippen LogP contribution in [0.4, 0.5) is 5.95 Å². The van der Waals surface area contributed by atoms with Gasteiger partial charge < -0.3 is 9.64 Å². The highest BCUT2D eigenvalue weighted by atomic mass is 35.5. The van der Waals surface area contributed by atoms with E-state index in [1.807, 2.05) is 0 Å². The van der Waals surface area contributed by atoms with Crippen molar-refractivity contribution in [2.45, 2.75) is 19.3 Å². The van der Waals surface area contributed by atoms with Crippen molar-refractivity contribution in [3.63, 3.8) is 0 Å². The fourth-order valence-corrected chi connectivity index (χ4v) is 2.37. The van der Waals surface area contributed by atoms with Gasteiger partial charge in [-0.1, -0.05) is 23.8 Å². The first-order valence-electron chi connectivity index (χ1n) is 6.66. The molecule has 1 aromatic heterocycles. The quantitative estimate of drug-likeness (QED) is 0.752. The Morgan fingerprint density at radius 1 is 1.37 bits per heavy atom. The van der Waals surface area contributed by atoms with E-state index in [4.69, 9.17) is 16.3 Å². The van der Waals surface area contributed by atoms with Gasteiger partial charge in [0.25, 0.3) is 0 Å². The number of hydrogen-bond donors (Lipinski definition) is 0. The minimum absolute atomic E-state index is 0.566. The van der Waals surface area contributed by atoms with Gasteiger partial charge in [-0.2, -0.15) is 0 Å². The van der Waals surface area contributed by atoms with E-state index in [9.17, 15) is 0 Å². The fourth-order valence-electron chi connectivity index (χ4n) is 2.28. The molecule has 1 atom stereocenters. The van der Waals surface area contributed by atoms with Crippen molar-refractivity contribution < 1.29 is 4.74 Å². The van der Waals surface area contributed by atoms with Crippen molar-refractivity contribution >= 4 is 17.5 Å². The molecule has 1 aliphatic rings. The Kier molecular flexibility index (Phi) is 5.61. The highest BCUT2D eigenvalue weighted by Gasteiger charge is 2.17. The van der Waals surface area contributed by atoms with Crippen LogP contribution in [0.25, 0.3) is 0 Å². The number of methoxy groups -OCH3 is 1. The minimum Gasteiger partial charge on any atom is -0.383 e. The largest absolute Gasteiger partial charge is 0.383 e. The van der Waals surface area contributed by atoms with Crippen LogP contribution >= 0.6 is 11.6 Å². The molecule has 1 heterocycles. The molecule has 4 nitrogen and oxygen atoms in total. The molecule has 0 spiro atoms. The molecule has 0 radical (unpaired) electrons. The van der Waals surface area contributed by atoms with Gasteiger partial charge in [0.1, 0.15) is 0 Å². The first-order valence-corrected chi connectivity index (χ1v) is 7.04. The summed E-state index contributed by atoms with van der Waals surface area (Å²) in [7, 11) is 1.71. The number of ether oxygens (including phenoxy) is 1. The Bertz CT molecular complexity index is 408. The minimum atomic E-state index is 0.566. The van der Waals surface area contributed by atoms with Gasteiger partial charge in [0.05, 0.1) is 24.0 Å². The summed E-state index contributed by atoms with van der Waals surface area (Å²) in [5.41, 5.74) is 0. The summed E-state index contributed by atoms with van der Waals surface area (Å²) >= 11 is 5.84. The van der Waals surface area contributed by atoms with E-state index in [1.165, 1.54) is 12.8 Å². The maximum absolute atomic E-state index is 5.84. The van der Waals surface area contributed by atoms with Crippen molar-refractivity contribution in [1.29, 1.82) is 0 Å². The maximum Gasteiger partial charge on any atom is 0.225 e. The molecule has 0 amide bonds. The standard InChI is InChI=1S/C14H20ClN3O/c1-19-8-7-18(11-12-5-3-2-4-6-12)14-16-9-13(15)10-17-14/h2-3,9-10,12H,4-8,11H2,1H3. The molecule has 0 saturated heterocycles. The van der Waals surface area contributed by atoms with Crippen LogP contribution in [0.2, 0.25) is 5.02 Å².